The predicted octanol–water partition coefficient (Wildman–Crippen LogP) is 3.01. The summed E-state index contributed by atoms with van der Waals surface area (Å²) < 4.78 is 0. The largest absolute Gasteiger partial charge is 0.508 e. The van der Waals surface area contributed by atoms with Crippen molar-refractivity contribution in [2.75, 3.05) is 19.6 Å². The molecule has 0 saturated heterocycles. The van der Waals surface area contributed by atoms with Gasteiger partial charge in [-0.2, -0.15) is 0 Å². The highest BCUT2D eigenvalue weighted by Gasteiger charge is 2.20. The molecule has 3 nitrogen and oxygen atoms in total. The van der Waals surface area contributed by atoms with Crippen molar-refractivity contribution in [3.05, 3.63) is 29.8 Å². The Labute approximate surface area is 117 Å². The molecule has 1 aromatic rings. The van der Waals surface area contributed by atoms with Gasteiger partial charge in [0.2, 0.25) is 0 Å². The van der Waals surface area contributed by atoms with Gasteiger partial charge < -0.3 is 10.8 Å². The van der Waals surface area contributed by atoms with E-state index in [1.807, 2.05) is 12.1 Å². The molecule has 0 amide bonds. The van der Waals surface area contributed by atoms with Crippen molar-refractivity contribution >= 4 is 0 Å². The third-order valence-electron chi connectivity index (χ3n) is 3.14. The van der Waals surface area contributed by atoms with Gasteiger partial charge in [-0.25, -0.2) is 0 Å². The summed E-state index contributed by atoms with van der Waals surface area (Å²) in [7, 11) is 0. The Morgan fingerprint density at radius 2 is 1.47 bits per heavy atom. The van der Waals surface area contributed by atoms with E-state index in [0.29, 0.717) is 24.1 Å². The maximum atomic E-state index is 9.40. The topological polar surface area (TPSA) is 49.5 Å². The number of rotatable bonds is 7. The minimum Gasteiger partial charge on any atom is -0.508 e. The number of phenols is 1. The van der Waals surface area contributed by atoms with Crippen LogP contribution in [-0.2, 0) is 0 Å². The summed E-state index contributed by atoms with van der Waals surface area (Å²) in [6, 6.07) is 7.65. The van der Waals surface area contributed by atoms with E-state index in [4.69, 9.17) is 5.73 Å². The van der Waals surface area contributed by atoms with Crippen molar-refractivity contribution in [1.29, 1.82) is 0 Å². The molecule has 0 radical (unpaired) electrons. The first-order valence-electron chi connectivity index (χ1n) is 7.17. The first kappa shape index (κ1) is 16.0. The smallest absolute Gasteiger partial charge is 0.115 e. The summed E-state index contributed by atoms with van der Waals surface area (Å²) in [5, 5.41) is 9.40. The zero-order valence-electron chi connectivity index (χ0n) is 12.6. The van der Waals surface area contributed by atoms with Crippen LogP contribution in [0.2, 0.25) is 0 Å². The van der Waals surface area contributed by atoms with Crippen LogP contribution in [0.5, 0.6) is 5.75 Å². The van der Waals surface area contributed by atoms with Crippen LogP contribution < -0.4 is 5.73 Å². The van der Waals surface area contributed by atoms with Gasteiger partial charge in [-0.1, -0.05) is 39.8 Å². The van der Waals surface area contributed by atoms with E-state index in [2.05, 4.69) is 32.6 Å². The SMILES string of the molecule is CC(C)CN(CC(C)C)C(CN)c1ccc(O)cc1. The van der Waals surface area contributed by atoms with Crippen LogP contribution in [-0.4, -0.2) is 29.6 Å². The molecule has 0 spiro atoms. The molecule has 1 rings (SSSR count). The normalized spacial score (nSPS) is 13.5. The lowest BCUT2D eigenvalue weighted by molar-refractivity contribution is 0.160. The molecule has 0 saturated carbocycles. The Kier molecular flexibility index (Phi) is 6.32. The Hall–Kier alpha value is -1.06. The third-order valence-corrected chi connectivity index (χ3v) is 3.14. The first-order chi connectivity index (χ1) is 8.93. The van der Waals surface area contributed by atoms with Crippen LogP contribution in [0.25, 0.3) is 0 Å². The van der Waals surface area contributed by atoms with E-state index in [-0.39, 0.29) is 6.04 Å². The minimum atomic E-state index is 0.227. The quantitative estimate of drug-likeness (QED) is 0.796. The van der Waals surface area contributed by atoms with Crippen LogP contribution >= 0.6 is 0 Å². The molecule has 0 aliphatic carbocycles. The number of hydrogen-bond donors (Lipinski definition) is 2. The standard InChI is InChI=1S/C16H28N2O/c1-12(2)10-18(11-13(3)4)16(9-17)14-5-7-15(19)8-6-14/h5-8,12-13,16,19H,9-11,17H2,1-4H3. The van der Waals surface area contributed by atoms with E-state index < -0.39 is 0 Å². The van der Waals surface area contributed by atoms with Gasteiger partial charge in [-0.15, -0.1) is 0 Å². The van der Waals surface area contributed by atoms with Crippen molar-refractivity contribution in [3.63, 3.8) is 0 Å². The zero-order valence-corrected chi connectivity index (χ0v) is 12.6. The van der Waals surface area contributed by atoms with E-state index in [0.717, 1.165) is 13.1 Å². The van der Waals surface area contributed by atoms with Gasteiger partial charge in [0.15, 0.2) is 0 Å². The van der Waals surface area contributed by atoms with Crippen LogP contribution in [0.4, 0.5) is 0 Å². The molecular weight excluding hydrogens is 236 g/mol. The molecule has 0 aliphatic rings. The highest BCUT2D eigenvalue weighted by Crippen LogP contribution is 2.23. The van der Waals surface area contributed by atoms with Crippen molar-refractivity contribution in [1.82, 2.24) is 4.90 Å². The molecule has 1 atom stereocenters. The Morgan fingerprint density at radius 3 is 1.84 bits per heavy atom. The third kappa shape index (κ3) is 5.21. The fraction of sp³-hybridized carbons (Fsp3) is 0.625. The lowest BCUT2D eigenvalue weighted by Crippen LogP contribution is -2.38. The number of nitrogens with two attached hydrogens (primary N) is 1. The first-order valence-corrected chi connectivity index (χ1v) is 7.17. The van der Waals surface area contributed by atoms with Crippen LogP contribution in [0, 0.1) is 11.8 Å². The fourth-order valence-electron chi connectivity index (χ4n) is 2.46. The highest BCUT2D eigenvalue weighted by molar-refractivity contribution is 5.28. The highest BCUT2D eigenvalue weighted by atomic mass is 16.3. The average molecular weight is 264 g/mol. The predicted molar refractivity (Wildman–Crippen MR) is 81.2 cm³/mol. The summed E-state index contributed by atoms with van der Waals surface area (Å²) in [6.45, 7) is 11.6. The second kappa shape index (κ2) is 7.51. The lowest BCUT2D eigenvalue weighted by Gasteiger charge is -2.34. The number of hydrogen-bond acceptors (Lipinski definition) is 3. The lowest BCUT2D eigenvalue weighted by atomic mass is 10.0. The molecule has 1 aromatic carbocycles. The minimum absolute atomic E-state index is 0.227. The number of phenolic OH excluding ortho intramolecular Hbond substituents is 1. The molecule has 0 bridgehead atoms. The summed E-state index contributed by atoms with van der Waals surface area (Å²) in [5.41, 5.74) is 7.17. The zero-order chi connectivity index (χ0) is 14.4. The molecule has 0 fully saturated rings. The monoisotopic (exact) mass is 264 g/mol. The Balaban J connectivity index is 2.91. The van der Waals surface area contributed by atoms with Gasteiger partial charge in [0.05, 0.1) is 0 Å². The van der Waals surface area contributed by atoms with Gasteiger partial charge in [0.25, 0.3) is 0 Å². The number of nitrogens with zero attached hydrogens (tertiary/aromatic N) is 1. The van der Waals surface area contributed by atoms with Crippen LogP contribution in [0.1, 0.15) is 39.3 Å². The fourth-order valence-corrected chi connectivity index (χ4v) is 2.46. The van der Waals surface area contributed by atoms with E-state index in [1.165, 1.54) is 5.56 Å². The van der Waals surface area contributed by atoms with Gasteiger partial charge in [0.1, 0.15) is 5.75 Å². The molecule has 3 N–H and O–H groups in total. The van der Waals surface area contributed by atoms with Crippen molar-refractivity contribution in [3.8, 4) is 5.75 Å². The molecule has 19 heavy (non-hydrogen) atoms. The maximum absolute atomic E-state index is 9.40. The van der Waals surface area contributed by atoms with Crippen molar-refractivity contribution in [2.45, 2.75) is 33.7 Å². The van der Waals surface area contributed by atoms with E-state index >= 15 is 0 Å². The second-order valence-electron chi connectivity index (χ2n) is 6.08. The van der Waals surface area contributed by atoms with Crippen LogP contribution in [0.15, 0.2) is 24.3 Å². The average Bonchev–Trinajstić information content (AvgIpc) is 2.30. The molecule has 0 aromatic heterocycles. The maximum Gasteiger partial charge on any atom is 0.115 e. The number of aromatic hydroxyl groups is 1. The van der Waals surface area contributed by atoms with Gasteiger partial charge >= 0.3 is 0 Å². The summed E-state index contributed by atoms with van der Waals surface area (Å²) in [4.78, 5) is 2.46. The van der Waals surface area contributed by atoms with Gasteiger partial charge in [0, 0.05) is 25.7 Å². The molecule has 3 heteroatoms. The number of benzene rings is 1. The molecule has 0 aliphatic heterocycles. The van der Waals surface area contributed by atoms with Gasteiger partial charge in [-0.3, -0.25) is 4.90 Å². The molecule has 1 unspecified atom stereocenters. The molecule has 0 heterocycles. The van der Waals surface area contributed by atoms with Crippen LogP contribution in [0.3, 0.4) is 0 Å². The Bertz CT molecular complexity index is 350. The van der Waals surface area contributed by atoms with E-state index in [9.17, 15) is 5.11 Å². The summed E-state index contributed by atoms with van der Waals surface area (Å²) in [6.07, 6.45) is 0. The Morgan fingerprint density at radius 1 is 1.00 bits per heavy atom. The van der Waals surface area contributed by atoms with Crippen molar-refractivity contribution in [2.24, 2.45) is 17.6 Å². The summed E-state index contributed by atoms with van der Waals surface area (Å²) >= 11 is 0. The summed E-state index contributed by atoms with van der Waals surface area (Å²) in [5.74, 6) is 1.54. The van der Waals surface area contributed by atoms with Gasteiger partial charge in [-0.05, 0) is 29.5 Å². The van der Waals surface area contributed by atoms with Crippen molar-refractivity contribution < 1.29 is 5.11 Å². The second-order valence-corrected chi connectivity index (χ2v) is 6.08. The molecule has 108 valence electrons. The molecular formula is C16H28N2O. The van der Waals surface area contributed by atoms with E-state index in [1.54, 1.807) is 12.1 Å².